The molecule has 1 nitrogen and oxygen atoms in total. The standard InChI is InChI=1S/C12H14Cl2OS/c1-8(2)16-6-5-12(15)10-4-3-9(13)7-11(10)14/h3-4,7-8H,5-6H2,1-2H3. The van der Waals surface area contributed by atoms with E-state index in [9.17, 15) is 4.79 Å². The topological polar surface area (TPSA) is 17.1 Å². The van der Waals surface area contributed by atoms with Crippen molar-refractivity contribution in [3.05, 3.63) is 33.8 Å². The Hall–Kier alpha value is -0.180. The Morgan fingerprint density at radius 2 is 2.06 bits per heavy atom. The van der Waals surface area contributed by atoms with E-state index in [1.54, 1.807) is 30.0 Å². The summed E-state index contributed by atoms with van der Waals surface area (Å²) in [5.74, 6) is 0.907. The van der Waals surface area contributed by atoms with Crippen molar-refractivity contribution in [2.24, 2.45) is 0 Å². The van der Waals surface area contributed by atoms with E-state index in [1.165, 1.54) is 0 Å². The van der Waals surface area contributed by atoms with Crippen LogP contribution in [0.1, 0.15) is 30.6 Å². The van der Waals surface area contributed by atoms with Crippen LogP contribution in [0.15, 0.2) is 18.2 Å². The number of carbonyl (C=O) groups excluding carboxylic acids is 1. The molecule has 0 heterocycles. The first kappa shape index (κ1) is 13.9. The van der Waals surface area contributed by atoms with Gasteiger partial charge in [-0.1, -0.05) is 37.0 Å². The quantitative estimate of drug-likeness (QED) is 0.725. The van der Waals surface area contributed by atoms with Crippen molar-refractivity contribution < 1.29 is 4.79 Å². The summed E-state index contributed by atoms with van der Waals surface area (Å²) in [4.78, 5) is 11.8. The molecule has 88 valence electrons. The molecular formula is C12H14Cl2OS. The Morgan fingerprint density at radius 3 is 2.62 bits per heavy atom. The van der Waals surface area contributed by atoms with Gasteiger partial charge in [0.2, 0.25) is 0 Å². The van der Waals surface area contributed by atoms with E-state index in [2.05, 4.69) is 13.8 Å². The predicted molar refractivity (Wildman–Crippen MR) is 73.0 cm³/mol. The monoisotopic (exact) mass is 276 g/mol. The minimum Gasteiger partial charge on any atom is -0.294 e. The van der Waals surface area contributed by atoms with Crippen LogP contribution in [-0.4, -0.2) is 16.8 Å². The molecule has 1 rings (SSSR count). The van der Waals surface area contributed by atoms with Crippen LogP contribution in [0.4, 0.5) is 0 Å². The molecule has 0 aromatic heterocycles. The summed E-state index contributed by atoms with van der Waals surface area (Å²) in [5.41, 5.74) is 0.565. The molecule has 0 amide bonds. The van der Waals surface area contributed by atoms with Crippen molar-refractivity contribution in [1.82, 2.24) is 0 Å². The summed E-state index contributed by atoms with van der Waals surface area (Å²) in [6.45, 7) is 4.23. The van der Waals surface area contributed by atoms with E-state index < -0.39 is 0 Å². The Kier molecular flexibility index (Phi) is 5.67. The minimum atomic E-state index is 0.0785. The van der Waals surface area contributed by atoms with Crippen LogP contribution in [-0.2, 0) is 0 Å². The summed E-state index contributed by atoms with van der Waals surface area (Å²) in [5, 5.41) is 1.54. The van der Waals surface area contributed by atoms with Crippen molar-refractivity contribution in [3.63, 3.8) is 0 Å². The lowest BCUT2D eigenvalue weighted by molar-refractivity contribution is 0.0989. The second-order valence-electron chi connectivity index (χ2n) is 3.72. The first-order valence-electron chi connectivity index (χ1n) is 5.10. The lowest BCUT2D eigenvalue weighted by Gasteiger charge is -2.05. The second kappa shape index (κ2) is 6.53. The average molecular weight is 277 g/mol. The number of carbonyl (C=O) groups is 1. The first-order chi connectivity index (χ1) is 7.50. The van der Waals surface area contributed by atoms with Crippen molar-refractivity contribution in [2.75, 3.05) is 5.75 Å². The van der Waals surface area contributed by atoms with E-state index in [0.29, 0.717) is 27.3 Å². The Bertz CT molecular complexity index is 377. The van der Waals surface area contributed by atoms with Gasteiger partial charge in [0.05, 0.1) is 5.02 Å². The highest BCUT2D eigenvalue weighted by Gasteiger charge is 2.10. The SMILES string of the molecule is CC(C)SCCC(=O)c1ccc(Cl)cc1Cl. The summed E-state index contributed by atoms with van der Waals surface area (Å²) >= 11 is 13.5. The van der Waals surface area contributed by atoms with Gasteiger partial charge >= 0.3 is 0 Å². The number of Topliss-reactive ketones (excluding diaryl/α,β-unsaturated/α-hetero) is 1. The molecule has 1 aromatic carbocycles. The zero-order valence-electron chi connectivity index (χ0n) is 9.30. The number of hydrogen-bond donors (Lipinski definition) is 0. The molecule has 4 heteroatoms. The molecule has 0 bridgehead atoms. The van der Waals surface area contributed by atoms with Crippen LogP contribution in [0, 0.1) is 0 Å². The molecule has 0 spiro atoms. The Morgan fingerprint density at radius 1 is 1.38 bits per heavy atom. The van der Waals surface area contributed by atoms with Gasteiger partial charge in [0.1, 0.15) is 0 Å². The molecule has 0 fully saturated rings. The number of ketones is 1. The molecule has 0 radical (unpaired) electrons. The van der Waals surface area contributed by atoms with Gasteiger partial charge in [-0.25, -0.2) is 0 Å². The van der Waals surface area contributed by atoms with Gasteiger partial charge in [-0.3, -0.25) is 4.79 Å². The van der Waals surface area contributed by atoms with E-state index in [1.807, 2.05) is 0 Å². The van der Waals surface area contributed by atoms with Gasteiger partial charge in [0.15, 0.2) is 5.78 Å². The smallest absolute Gasteiger partial charge is 0.165 e. The van der Waals surface area contributed by atoms with E-state index in [-0.39, 0.29) is 5.78 Å². The number of hydrogen-bond acceptors (Lipinski definition) is 2. The van der Waals surface area contributed by atoms with E-state index in [0.717, 1.165) is 5.75 Å². The first-order valence-corrected chi connectivity index (χ1v) is 6.91. The van der Waals surface area contributed by atoms with Crippen molar-refractivity contribution in [3.8, 4) is 0 Å². The zero-order chi connectivity index (χ0) is 12.1. The van der Waals surface area contributed by atoms with Gasteiger partial charge in [0.25, 0.3) is 0 Å². The summed E-state index contributed by atoms with van der Waals surface area (Å²) in [6.07, 6.45) is 0.518. The fourth-order valence-corrected chi connectivity index (χ4v) is 2.53. The van der Waals surface area contributed by atoms with Gasteiger partial charge in [0, 0.05) is 22.8 Å². The van der Waals surface area contributed by atoms with Crippen LogP contribution in [0.2, 0.25) is 10.0 Å². The maximum Gasteiger partial charge on any atom is 0.165 e. The maximum absolute atomic E-state index is 11.8. The summed E-state index contributed by atoms with van der Waals surface area (Å²) < 4.78 is 0. The van der Waals surface area contributed by atoms with Crippen LogP contribution < -0.4 is 0 Å². The van der Waals surface area contributed by atoms with Crippen molar-refractivity contribution >= 4 is 40.7 Å². The lowest BCUT2D eigenvalue weighted by atomic mass is 10.1. The lowest BCUT2D eigenvalue weighted by Crippen LogP contribution is -2.02. The van der Waals surface area contributed by atoms with Crippen LogP contribution in [0.5, 0.6) is 0 Å². The predicted octanol–water partition coefficient (Wildman–Crippen LogP) is 4.71. The van der Waals surface area contributed by atoms with Gasteiger partial charge in [-0.15, -0.1) is 0 Å². The highest BCUT2D eigenvalue weighted by Crippen LogP contribution is 2.23. The zero-order valence-corrected chi connectivity index (χ0v) is 11.6. The molecule has 0 atom stereocenters. The fourth-order valence-electron chi connectivity index (χ4n) is 1.24. The Labute approximate surface area is 111 Å². The van der Waals surface area contributed by atoms with E-state index >= 15 is 0 Å². The molecule has 0 aliphatic rings. The Balaban J connectivity index is 2.59. The number of thioether (sulfide) groups is 1. The highest BCUT2D eigenvalue weighted by atomic mass is 35.5. The molecule has 0 saturated heterocycles. The molecule has 0 aliphatic carbocycles. The van der Waals surface area contributed by atoms with E-state index in [4.69, 9.17) is 23.2 Å². The van der Waals surface area contributed by atoms with Crippen LogP contribution in [0.3, 0.4) is 0 Å². The number of halogens is 2. The van der Waals surface area contributed by atoms with Crippen molar-refractivity contribution in [2.45, 2.75) is 25.5 Å². The molecule has 0 aliphatic heterocycles. The molecule has 1 aromatic rings. The second-order valence-corrected chi connectivity index (χ2v) is 6.24. The third-order valence-corrected chi connectivity index (χ3v) is 3.67. The van der Waals surface area contributed by atoms with Crippen LogP contribution >= 0.6 is 35.0 Å². The summed E-state index contributed by atoms with van der Waals surface area (Å²) in [7, 11) is 0. The van der Waals surface area contributed by atoms with Gasteiger partial charge in [-0.2, -0.15) is 11.8 Å². The molecular weight excluding hydrogens is 263 g/mol. The van der Waals surface area contributed by atoms with Crippen molar-refractivity contribution in [1.29, 1.82) is 0 Å². The molecule has 0 N–H and O–H groups in total. The molecule has 16 heavy (non-hydrogen) atoms. The van der Waals surface area contributed by atoms with Gasteiger partial charge < -0.3 is 0 Å². The summed E-state index contributed by atoms with van der Waals surface area (Å²) in [6, 6.07) is 4.98. The number of benzene rings is 1. The minimum absolute atomic E-state index is 0.0785. The fraction of sp³-hybridized carbons (Fsp3) is 0.417. The molecule has 0 unspecified atom stereocenters. The third-order valence-electron chi connectivity index (χ3n) is 2.01. The average Bonchev–Trinajstić information content (AvgIpc) is 2.16. The highest BCUT2D eigenvalue weighted by molar-refractivity contribution is 7.99. The molecule has 0 saturated carbocycles. The maximum atomic E-state index is 11.8. The van der Waals surface area contributed by atoms with Crippen LogP contribution in [0.25, 0.3) is 0 Å². The third kappa shape index (κ3) is 4.36. The normalized spacial score (nSPS) is 10.8. The van der Waals surface area contributed by atoms with Gasteiger partial charge in [-0.05, 0) is 23.4 Å². The number of rotatable bonds is 5. The largest absolute Gasteiger partial charge is 0.294 e.